The van der Waals surface area contributed by atoms with Crippen molar-refractivity contribution in [2.24, 2.45) is 0 Å². The second kappa shape index (κ2) is 6.43. The SMILES string of the molecule is CCn1c2c(c3cc(NS(=O)(=O)c4ccc(F)cc4)ccc31)CCCC2. The number of fused-ring (bicyclic) bond motifs is 3. The van der Waals surface area contributed by atoms with Gasteiger partial charge in [0.2, 0.25) is 0 Å². The summed E-state index contributed by atoms with van der Waals surface area (Å²) < 4.78 is 43.1. The topological polar surface area (TPSA) is 51.1 Å². The molecule has 0 amide bonds. The van der Waals surface area contributed by atoms with Crippen LogP contribution in [0.3, 0.4) is 0 Å². The van der Waals surface area contributed by atoms with Crippen LogP contribution < -0.4 is 4.72 Å². The van der Waals surface area contributed by atoms with Gasteiger partial charge >= 0.3 is 0 Å². The van der Waals surface area contributed by atoms with Crippen LogP contribution in [0, 0.1) is 5.82 Å². The molecule has 0 radical (unpaired) electrons. The van der Waals surface area contributed by atoms with Crippen molar-refractivity contribution < 1.29 is 12.8 Å². The van der Waals surface area contributed by atoms with E-state index in [4.69, 9.17) is 0 Å². The van der Waals surface area contributed by atoms with Gasteiger partial charge in [-0.2, -0.15) is 0 Å². The van der Waals surface area contributed by atoms with Gasteiger partial charge in [-0.25, -0.2) is 12.8 Å². The Hall–Kier alpha value is -2.34. The fourth-order valence-corrected chi connectivity index (χ4v) is 4.94. The lowest BCUT2D eigenvalue weighted by molar-refractivity contribution is 0.599. The molecule has 0 bridgehead atoms. The zero-order chi connectivity index (χ0) is 18.3. The number of halogens is 1. The molecule has 2 aromatic carbocycles. The molecule has 1 heterocycles. The Morgan fingerprint density at radius 3 is 2.54 bits per heavy atom. The fourth-order valence-electron chi connectivity index (χ4n) is 3.89. The second-order valence-electron chi connectivity index (χ2n) is 6.67. The molecule has 1 aliphatic carbocycles. The van der Waals surface area contributed by atoms with Gasteiger partial charge in [0.15, 0.2) is 0 Å². The highest BCUT2D eigenvalue weighted by Crippen LogP contribution is 2.34. The number of aryl methyl sites for hydroxylation is 2. The van der Waals surface area contributed by atoms with E-state index < -0.39 is 15.8 Å². The Bertz CT molecular complexity index is 1070. The van der Waals surface area contributed by atoms with Crippen LogP contribution in [0.2, 0.25) is 0 Å². The second-order valence-corrected chi connectivity index (χ2v) is 8.35. The smallest absolute Gasteiger partial charge is 0.261 e. The summed E-state index contributed by atoms with van der Waals surface area (Å²) >= 11 is 0. The molecule has 1 N–H and O–H groups in total. The van der Waals surface area contributed by atoms with Crippen molar-refractivity contribution in [1.82, 2.24) is 4.57 Å². The number of nitrogens with zero attached hydrogens (tertiary/aromatic N) is 1. The van der Waals surface area contributed by atoms with Crippen LogP contribution in [0.4, 0.5) is 10.1 Å². The Morgan fingerprint density at radius 2 is 1.81 bits per heavy atom. The third kappa shape index (κ3) is 2.88. The maximum atomic E-state index is 13.1. The van der Waals surface area contributed by atoms with Crippen LogP contribution in [0.25, 0.3) is 10.9 Å². The standard InChI is InChI=1S/C20H21FN2O2S/c1-2-23-19-6-4-3-5-17(19)18-13-15(9-12-20(18)23)22-26(24,25)16-10-7-14(21)8-11-16/h7-13,22H,2-6H2,1H3. The minimum Gasteiger partial charge on any atom is -0.345 e. The molecule has 136 valence electrons. The van der Waals surface area contributed by atoms with Crippen LogP contribution in [-0.4, -0.2) is 13.0 Å². The summed E-state index contributed by atoms with van der Waals surface area (Å²) in [6.45, 7) is 3.05. The number of sulfonamides is 1. The van der Waals surface area contributed by atoms with E-state index in [-0.39, 0.29) is 4.90 Å². The first-order chi connectivity index (χ1) is 12.5. The summed E-state index contributed by atoms with van der Waals surface area (Å²) in [6.07, 6.45) is 4.48. The van der Waals surface area contributed by atoms with Crippen LogP contribution in [0.15, 0.2) is 47.4 Å². The lowest BCUT2D eigenvalue weighted by atomic mass is 9.95. The molecule has 6 heteroatoms. The highest BCUT2D eigenvalue weighted by molar-refractivity contribution is 7.92. The van der Waals surface area contributed by atoms with E-state index >= 15 is 0 Å². The van der Waals surface area contributed by atoms with Crippen molar-refractivity contribution in [3.63, 3.8) is 0 Å². The molecule has 26 heavy (non-hydrogen) atoms. The third-order valence-electron chi connectivity index (χ3n) is 5.07. The lowest BCUT2D eigenvalue weighted by Gasteiger charge is -2.14. The van der Waals surface area contributed by atoms with Gasteiger partial charge in [0.1, 0.15) is 5.82 Å². The molecule has 0 aliphatic heterocycles. The van der Waals surface area contributed by atoms with Crippen LogP contribution in [-0.2, 0) is 29.4 Å². The molecule has 1 aromatic heterocycles. The van der Waals surface area contributed by atoms with Crippen LogP contribution >= 0.6 is 0 Å². The molecule has 0 fully saturated rings. The molecule has 4 nitrogen and oxygen atoms in total. The fraction of sp³-hybridized carbons (Fsp3) is 0.300. The molecule has 0 unspecified atom stereocenters. The summed E-state index contributed by atoms with van der Waals surface area (Å²) in [5.41, 5.74) is 4.41. The van der Waals surface area contributed by atoms with Gasteiger partial charge in [-0.1, -0.05) is 0 Å². The van der Waals surface area contributed by atoms with E-state index in [0.717, 1.165) is 42.4 Å². The molecule has 0 saturated heterocycles. The molecule has 4 rings (SSSR count). The van der Waals surface area contributed by atoms with Crippen molar-refractivity contribution in [2.45, 2.75) is 44.0 Å². The number of hydrogen-bond donors (Lipinski definition) is 1. The summed E-state index contributed by atoms with van der Waals surface area (Å²) in [6, 6.07) is 10.5. The van der Waals surface area contributed by atoms with Gasteiger partial charge in [-0.15, -0.1) is 0 Å². The van der Waals surface area contributed by atoms with E-state index in [1.165, 1.54) is 36.2 Å². The van der Waals surface area contributed by atoms with Crippen LogP contribution in [0.5, 0.6) is 0 Å². The minimum absolute atomic E-state index is 0.0483. The first-order valence-corrected chi connectivity index (χ1v) is 10.4. The maximum Gasteiger partial charge on any atom is 0.261 e. The Labute approximate surface area is 152 Å². The normalized spacial score (nSPS) is 14.4. The predicted octanol–water partition coefficient (Wildman–Crippen LogP) is 4.48. The van der Waals surface area contributed by atoms with Crippen molar-refractivity contribution in [2.75, 3.05) is 4.72 Å². The summed E-state index contributed by atoms with van der Waals surface area (Å²) in [5, 5.41) is 1.13. The first kappa shape index (κ1) is 17.1. The van der Waals surface area contributed by atoms with Gasteiger partial charge in [0, 0.05) is 28.8 Å². The molecule has 0 saturated carbocycles. The number of rotatable bonds is 4. The molecule has 0 spiro atoms. The number of anilines is 1. The average Bonchev–Trinajstić information content (AvgIpc) is 2.95. The van der Waals surface area contributed by atoms with E-state index in [0.29, 0.717) is 5.69 Å². The third-order valence-corrected chi connectivity index (χ3v) is 6.47. The van der Waals surface area contributed by atoms with Crippen molar-refractivity contribution in [3.8, 4) is 0 Å². The molecule has 3 aromatic rings. The van der Waals surface area contributed by atoms with E-state index in [1.54, 1.807) is 6.07 Å². The number of aromatic nitrogens is 1. The van der Waals surface area contributed by atoms with Crippen molar-refractivity contribution in [1.29, 1.82) is 0 Å². The van der Waals surface area contributed by atoms with Gasteiger partial charge in [-0.05, 0) is 80.6 Å². The number of benzene rings is 2. The van der Waals surface area contributed by atoms with Crippen LogP contribution in [0.1, 0.15) is 31.0 Å². The maximum absolute atomic E-state index is 13.1. The molecular weight excluding hydrogens is 351 g/mol. The van der Waals surface area contributed by atoms with Gasteiger partial charge in [0.05, 0.1) is 4.90 Å². The largest absolute Gasteiger partial charge is 0.345 e. The van der Waals surface area contributed by atoms with Gasteiger partial charge in [-0.3, -0.25) is 4.72 Å². The Balaban J connectivity index is 1.75. The molecule has 0 atom stereocenters. The van der Waals surface area contributed by atoms with Gasteiger partial charge in [0.25, 0.3) is 10.0 Å². The zero-order valence-corrected chi connectivity index (χ0v) is 15.4. The Kier molecular flexibility index (Phi) is 4.23. The minimum atomic E-state index is -3.74. The average molecular weight is 372 g/mol. The zero-order valence-electron chi connectivity index (χ0n) is 14.6. The highest BCUT2D eigenvalue weighted by atomic mass is 32.2. The lowest BCUT2D eigenvalue weighted by Crippen LogP contribution is -2.12. The van der Waals surface area contributed by atoms with Gasteiger partial charge < -0.3 is 4.57 Å². The quantitative estimate of drug-likeness (QED) is 0.734. The van der Waals surface area contributed by atoms with Crippen molar-refractivity contribution >= 4 is 26.6 Å². The summed E-state index contributed by atoms with van der Waals surface area (Å²) in [4.78, 5) is 0.0483. The number of nitrogens with one attached hydrogen (secondary N) is 1. The summed E-state index contributed by atoms with van der Waals surface area (Å²) in [5.74, 6) is -0.460. The predicted molar refractivity (Wildman–Crippen MR) is 101 cm³/mol. The van der Waals surface area contributed by atoms with E-state index in [9.17, 15) is 12.8 Å². The first-order valence-electron chi connectivity index (χ1n) is 8.92. The number of hydrogen-bond acceptors (Lipinski definition) is 2. The Morgan fingerprint density at radius 1 is 1.08 bits per heavy atom. The van der Waals surface area contributed by atoms with E-state index in [1.807, 2.05) is 12.1 Å². The molecular formula is C20H21FN2O2S. The summed E-state index contributed by atoms with van der Waals surface area (Å²) in [7, 11) is -3.74. The van der Waals surface area contributed by atoms with Crippen molar-refractivity contribution in [3.05, 3.63) is 59.5 Å². The highest BCUT2D eigenvalue weighted by Gasteiger charge is 2.20. The molecule has 1 aliphatic rings. The monoisotopic (exact) mass is 372 g/mol. The van der Waals surface area contributed by atoms with E-state index in [2.05, 4.69) is 16.2 Å².